The second-order valence-corrected chi connectivity index (χ2v) is 7.13. The van der Waals surface area contributed by atoms with E-state index in [1.807, 2.05) is 73.7 Å². The summed E-state index contributed by atoms with van der Waals surface area (Å²) in [5.41, 5.74) is 4.73. The SMILES string of the molecule is Cc1ccnc(CC(=O)Nc2ccc(CCNCC(O)c3ccccc3)cc2)c1. The molecule has 0 aliphatic heterocycles. The number of anilines is 1. The van der Waals surface area contributed by atoms with Crippen LogP contribution in [-0.4, -0.2) is 29.1 Å². The fraction of sp³-hybridized carbons (Fsp3) is 0.250. The Kier molecular flexibility index (Phi) is 7.50. The zero-order chi connectivity index (χ0) is 20.5. The van der Waals surface area contributed by atoms with Crippen LogP contribution in [0.5, 0.6) is 0 Å². The zero-order valence-electron chi connectivity index (χ0n) is 16.6. The van der Waals surface area contributed by atoms with E-state index in [0.29, 0.717) is 6.54 Å². The summed E-state index contributed by atoms with van der Waals surface area (Å²) in [5, 5.41) is 16.3. The highest BCUT2D eigenvalue weighted by Gasteiger charge is 2.07. The molecule has 0 saturated heterocycles. The van der Waals surface area contributed by atoms with Crippen molar-refractivity contribution in [3.63, 3.8) is 0 Å². The standard InChI is InChI=1S/C24H27N3O2/c1-18-11-14-26-22(15-18)16-24(29)27-21-9-7-19(8-10-21)12-13-25-17-23(28)20-5-3-2-4-6-20/h2-11,14-15,23,25,28H,12-13,16-17H2,1H3,(H,27,29). The lowest BCUT2D eigenvalue weighted by Crippen LogP contribution is -2.23. The number of rotatable bonds is 9. The Morgan fingerprint density at radius 2 is 1.83 bits per heavy atom. The smallest absolute Gasteiger partial charge is 0.230 e. The van der Waals surface area contributed by atoms with E-state index in [2.05, 4.69) is 15.6 Å². The van der Waals surface area contributed by atoms with Crippen LogP contribution in [0.1, 0.15) is 28.5 Å². The first-order valence-electron chi connectivity index (χ1n) is 9.84. The summed E-state index contributed by atoms with van der Waals surface area (Å²) in [4.78, 5) is 16.4. The van der Waals surface area contributed by atoms with Gasteiger partial charge in [0.15, 0.2) is 0 Å². The fourth-order valence-electron chi connectivity index (χ4n) is 3.08. The molecule has 1 unspecified atom stereocenters. The zero-order valence-corrected chi connectivity index (χ0v) is 16.6. The molecule has 150 valence electrons. The number of carbonyl (C=O) groups excluding carboxylic acids is 1. The van der Waals surface area contributed by atoms with Gasteiger partial charge in [0.25, 0.3) is 0 Å². The van der Waals surface area contributed by atoms with Crippen molar-refractivity contribution in [3.05, 3.63) is 95.3 Å². The molecule has 0 fully saturated rings. The lowest BCUT2D eigenvalue weighted by molar-refractivity contribution is -0.115. The number of aryl methyl sites for hydroxylation is 1. The molecule has 29 heavy (non-hydrogen) atoms. The average molecular weight is 389 g/mol. The van der Waals surface area contributed by atoms with Crippen molar-refractivity contribution in [1.29, 1.82) is 0 Å². The Morgan fingerprint density at radius 3 is 2.55 bits per heavy atom. The molecule has 3 aromatic rings. The third-order valence-electron chi connectivity index (χ3n) is 4.66. The van der Waals surface area contributed by atoms with Crippen molar-refractivity contribution in [3.8, 4) is 0 Å². The van der Waals surface area contributed by atoms with Gasteiger partial charge in [0.1, 0.15) is 0 Å². The third kappa shape index (κ3) is 6.82. The van der Waals surface area contributed by atoms with E-state index in [4.69, 9.17) is 0 Å². The van der Waals surface area contributed by atoms with E-state index in [9.17, 15) is 9.90 Å². The predicted octanol–water partition coefficient (Wildman–Crippen LogP) is 3.44. The fourth-order valence-corrected chi connectivity index (χ4v) is 3.08. The summed E-state index contributed by atoms with van der Waals surface area (Å²) in [7, 11) is 0. The minimum atomic E-state index is -0.503. The van der Waals surface area contributed by atoms with E-state index in [1.54, 1.807) is 6.20 Å². The lowest BCUT2D eigenvalue weighted by atomic mass is 10.1. The van der Waals surface area contributed by atoms with Crippen molar-refractivity contribution in [2.75, 3.05) is 18.4 Å². The first-order valence-corrected chi connectivity index (χ1v) is 9.84. The van der Waals surface area contributed by atoms with Gasteiger partial charge < -0.3 is 15.7 Å². The summed E-state index contributed by atoms with van der Waals surface area (Å²) < 4.78 is 0. The minimum absolute atomic E-state index is 0.0765. The van der Waals surface area contributed by atoms with Gasteiger partial charge in [-0.05, 0) is 60.8 Å². The Morgan fingerprint density at radius 1 is 1.07 bits per heavy atom. The first kappa shape index (κ1) is 20.7. The van der Waals surface area contributed by atoms with E-state index >= 15 is 0 Å². The summed E-state index contributed by atoms with van der Waals surface area (Å²) in [6.07, 6.45) is 2.33. The molecule has 3 rings (SSSR count). The lowest BCUT2D eigenvalue weighted by Gasteiger charge is -2.12. The van der Waals surface area contributed by atoms with Crippen molar-refractivity contribution >= 4 is 11.6 Å². The van der Waals surface area contributed by atoms with Gasteiger partial charge in [-0.25, -0.2) is 0 Å². The molecular formula is C24H27N3O2. The first-order chi connectivity index (χ1) is 14.1. The minimum Gasteiger partial charge on any atom is -0.387 e. The second-order valence-electron chi connectivity index (χ2n) is 7.13. The normalized spacial score (nSPS) is 11.8. The molecule has 1 aromatic heterocycles. The Labute approximate surface area is 171 Å². The van der Waals surface area contributed by atoms with Gasteiger partial charge in [-0.2, -0.15) is 0 Å². The molecule has 0 aliphatic rings. The largest absolute Gasteiger partial charge is 0.387 e. The van der Waals surface area contributed by atoms with Crippen LogP contribution in [0.25, 0.3) is 0 Å². The highest BCUT2D eigenvalue weighted by atomic mass is 16.3. The molecule has 5 nitrogen and oxygen atoms in total. The Bertz CT molecular complexity index is 911. The van der Waals surface area contributed by atoms with E-state index in [1.165, 1.54) is 5.56 Å². The van der Waals surface area contributed by atoms with Crippen molar-refractivity contribution in [2.24, 2.45) is 0 Å². The molecule has 2 aromatic carbocycles. The van der Waals surface area contributed by atoms with E-state index in [0.717, 1.165) is 35.5 Å². The monoisotopic (exact) mass is 389 g/mol. The number of nitrogens with one attached hydrogen (secondary N) is 2. The van der Waals surface area contributed by atoms with Crippen LogP contribution in [0.2, 0.25) is 0 Å². The van der Waals surface area contributed by atoms with Crippen LogP contribution >= 0.6 is 0 Å². The number of amides is 1. The highest BCUT2D eigenvalue weighted by molar-refractivity contribution is 5.92. The summed E-state index contributed by atoms with van der Waals surface area (Å²) in [6.45, 7) is 3.28. The molecule has 3 N–H and O–H groups in total. The number of carbonyl (C=O) groups is 1. The molecular weight excluding hydrogens is 362 g/mol. The van der Waals surface area contributed by atoms with Crippen LogP contribution in [0, 0.1) is 6.92 Å². The van der Waals surface area contributed by atoms with Crippen LogP contribution in [0.3, 0.4) is 0 Å². The molecule has 5 heteroatoms. The summed E-state index contributed by atoms with van der Waals surface area (Å²) in [5.74, 6) is -0.0765. The summed E-state index contributed by atoms with van der Waals surface area (Å²) >= 11 is 0. The van der Waals surface area contributed by atoms with Gasteiger partial charge >= 0.3 is 0 Å². The number of hydrogen-bond acceptors (Lipinski definition) is 4. The van der Waals surface area contributed by atoms with Gasteiger partial charge in [0.05, 0.1) is 12.5 Å². The number of pyridine rings is 1. The molecule has 0 radical (unpaired) electrons. The highest BCUT2D eigenvalue weighted by Crippen LogP contribution is 2.12. The number of aromatic nitrogens is 1. The maximum Gasteiger partial charge on any atom is 0.230 e. The van der Waals surface area contributed by atoms with Crippen LogP contribution in [0.4, 0.5) is 5.69 Å². The van der Waals surface area contributed by atoms with Crippen LogP contribution < -0.4 is 10.6 Å². The maximum atomic E-state index is 12.2. The van der Waals surface area contributed by atoms with Gasteiger partial charge in [-0.15, -0.1) is 0 Å². The average Bonchev–Trinajstić information content (AvgIpc) is 2.73. The molecule has 1 heterocycles. The number of aliphatic hydroxyl groups excluding tert-OH is 1. The van der Waals surface area contributed by atoms with Gasteiger partial charge in [0, 0.05) is 24.1 Å². The third-order valence-corrected chi connectivity index (χ3v) is 4.66. The van der Waals surface area contributed by atoms with Crippen LogP contribution in [0.15, 0.2) is 72.9 Å². The molecule has 1 atom stereocenters. The van der Waals surface area contributed by atoms with Gasteiger partial charge in [-0.1, -0.05) is 42.5 Å². The predicted molar refractivity (Wildman–Crippen MR) is 116 cm³/mol. The molecule has 0 saturated carbocycles. The van der Waals surface area contributed by atoms with Crippen molar-refractivity contribution < 1.29 is 9.90 Å². The Hall–Kier alpha value is -3.02. The molecule has 0 aliphatic carbocycles. The van der Waals surface area contributed by atoms with Crippen molar-refractivity contribution in [2.45, 2.75) is 25.9 Å². The number of nitrogens with zero attached hydrogens (tertiary/aromatic N) is 1. The number of hydrogen-bond donors (Lipinski definition) is 3. The van der Waals surface area contributed by atoms with Gasteiger partial charge in [0.2, 0.25) is 5.91 Å². The Balaban J connectivity index is 1.40. The van der Waals surface area contributed by atoms with Gasteiger partial charge in [-0.3, -0.25) is 9.78 Å². The topological polar surface area (TPSA) is 74.2 Å². The number of benzene rings is 2. The summed E-state index contributed by atoms with van der Waals surface area (Å²) in [6, 6.07) is 21.3. The quantitative estimate of drug-likeness (QED) is 0.490. The second kappa shape index (κ2) is 10.5. The van der Waals surface area contributed by atoms with Crippen molar-refractivity contribution in [1.82, 2.24) is 10.3 Å². The molecule has 1 amide bonds. The molecule has 0 bridgehead atoms. The van der Waals surface area contributed by atoms with E-state index < -0.39 is 6.10 Å². The van der Waals surface area contributed by atoms with E-state index in [-0.39, 0.29) is 12.3 Å². The van der Waals surface area contributed by atoms with Crippen LogP contribution in [-0.2, 0) is 17.6 Å². The molecule has 0 spiro atoms. The number of aliphatic hydroxyl groups is 1. The maximum absolute atomic E-state index is 12.2.